The summed E-state index contributed by atoms with van der Waals surface area (Å²) in [6, 6.07) is 7.95. The smallest absolute Gasteiger partial charge is 0.263 e. The Labute approximate surface area is 173 Å². The molecule has 3 rings (SSSR count). The molecule has 0 N–H and O–H groups in total. The second-order valence-corrected chi connectivity index (χ2v) is 8.61. The maximum Gasteiger partial charge on any atom is 0.263 e. The highest BCUT2D eigenvalue weighted by Crippen LogP contribution is 2.31. The molecule has 3 aromatic rings. The lowest BCUT2D eigenvalue weighted by molar-refractivity contribution is 0.140. The number of aromatic nitrogens is 2. The molecule has 0 saturated heterocycles. The van der Waals surface area contributed by atoms with Crippen LogP contribution >= 0.6 is 23.1 Å². The molecule has 0 unspecified atom stereocenters. The third-order valence-corrected chi connectivity index (χ3v) is 6.80. The van der Waals surface area contributed by atoms with Gasteiger partial charge in [-0.15, -0.1) is 11.3 Å². The minimum Gasteiger partial charge on any atom is -0.496 e. The Morgan fingerprint density at radius 1 is 1.25 bits per heavy atom. The summed E-state index contributed by atoms with van der Waals surface area (Å²) >= 11 is 3.17. The molecule has 5 nitrogen and oxygen atoms in total. The van der Waals surface area contributed by atoms with E-state index in [1.54, 1.807) is 34.8 Å². The third kappa shape index (κ3) is 4.42. The van der Waals surface area contributed by atoms with Crippen molar-refractivity contribution in [2.75, 3.05) is 20.3 Å². The van der Waals surface area contributed by atoms with Gasteiger partial charge in [-0.25, -0.2) is 4.98 Å². The van der Waals surface area contributed by atoms with Crippen molar-refractivity contribution in [3.63, 3.8) is 0 Å². The van der Waals surface area contributed by atoms with Crippen LogP contribution in [0.3, 0.4) is 0 Å². The first-order chi connectivity index (χ1) is 13.6. The zero-order valence-corrected chi connectivity index (χ0v) is 18.4. The van der Waals surface area contributed by atoms with Crippen LogP contribution in [-0.4, -0.2) is 29.9 Å². The van der Waals surface area contributed by atoms with Gasteiger partial charge in [0.2, 0.25) is 0 Å². The fraction of sp³-hybridized carbons (Fsp3) is 0.429. The summed E-state index contributed by atoms with van der Waals surface area (Å²) < 4.78 is 12.7. The quantitative estimate of drug-likeness (QED) is 0.284. The first-order valence-electron chi connectivity index (χ1n) is 9.39. The van der Waals surface area contributed by atoms with Crippen LogP contribution in [0, 0.1) is 13.8 Å². The van der Waals surface area contributed by atoms with Gasteiger partial charge in [0, 0.05) is 36.0 Å². The summed E-state index contributed by atoms with van der Waals surface area (Å²) in [6.45, 7) is 7.95. The minimum atomic E-state index is 0.0471. The number of hydrogen-bond donors (Lipinski definition) is 0. The largest absolute Gasteiger partial charge is 0.496 e. The Balaban J connectivity index is 1.95. The molecule has 0 atom stereocenters. The molecule has 1 aromatic carbocycles. The zero-order chi connectivity index (χ0) is 20.1. The van der Waals surface area contributed by atoms with E-state index in [1.165, 1.54) is 0 Å². The SMILES string of the molecule is CCOCCCn1c(SCc2ccccc2OC)nc2sc(C)c(C)c2c1=O. The van der Waals surface area contributed by atoms with Crippen molar-refractivity contribution in [1.82, 2.24) is 9.55 Å². The van der Waals surface area contributed by atoms with Gasteiger partial charge >= 0.3 is 0 Å². The van der Waals surface area contributed by atoms with Crippen molar-refractivity contribution in [3.8, 4) is 5.75 Å². The fourth-order valence-corrected chi connectivity index (χ4v) is 5.14. The van der Waals surface area contributed by atoms with Gasteiger partial charge in [-0.2, -0.15) is 0 Å². The van der Waals surface area contributed by atoms with Crippen molar-refractivity contribution in [2.45, 2.75) is 44.6 Å². The number of rotatable bonds is 9. The molecule has 0 saturated carbocycles. The van der Waals surface area contributed by atoms with Crippen LogP contribution in [0.2, 0.25) is 0 Å². The summed E-state index contributed by atoms with van der Waals surface area (Å²) in [4.78, 5) is 20.1. The number of thiophene rings is 1. The molecule has 0 aliphatic heterocycles. The summed E-state index contributed by atoms with van der Waals surface area (Å²) in [5.74, 6) is 1.54. The number of para-hydroxylation sites is 1. The van der Waals surface area contributed by atoms with Crippen LogP contribution in [0.15, 0.2) is 34.2 Å². The Morgan fingerprint density at radius 2 is 2.04 bits per heavy atom. The molecule has 2 aromatic heterocycles. The molecule has 0 aliphatic rings. The van der Waals surface area contributed by atoms with E-state index in [0.29, 0.717) is 25.5 Å². The molecule has 0 amide bonds. The summed E-state index contributed by atoms with van der Waals surface area (Å²) in [6.07, 6.45) is 0.783. The molecule has 150 valence electrons. The number of thioether (sulfide) groups is 1. The first-order valence-corrected chi connectivity index (χ1v) is 11.2. The molecule has 28 heavy (non-hydrogen) atoms. The van der Waals surface area contributed by atoms with Gasteiger partial charge in [-0.1, -0.05) is 30.0 Å². The topological polar surface area (TPSA) is 53.4 Å². The van der Waals surface area contributed by atoms with Crippen LogP contribution in [0.5, 0.6) is 5.75 Å². The molecular formula is C21H26N2O3S2. The van der Waals surface area contributed by atoms with Crippen molar-refractivity contribution in [1.29, 1.82) is 0 Å². The van der Waals surface area contributed by atoms with E-state index >= 15 is 0 Å². The van der Waals surface area contributed by atoms with Gasteiger partial charge in [0.05, 0.1) is 12.5 Å². The van der Waals surface area contributed by atoms with E-state index in [1.807, 2.05) is 45.0 Å². The van der Waals surface area contributed by atoms with Crippen molar-refractivity contribution >= 4 is 33.3 Å². The number of ether oxygens (including phenoxy) is 2. The number of nitrogens with zero attached hydrogens (tertiary/aromatic N) is 2. The van der Waals surface area contributed by atoms with Gasteiger partial charge in [-0.05, 0) is 38.8 Å². The molecule has 7 heteroatoms. The van der Waals surface area contributed by atoms with E-state index in [0.717, 1.165) is 43.5 Å². The Kier molecular flexibility index (Phi) is 7.15. The van der Waals surface area contributed by atoms with Crippen LogP contribution in [-0.2, 0) is 17.0 Å². The Hall–Kier alpha value is -1.83. The fourth-order valence-electron chi connectivity index (χ4n) is 3.05. The summed E-state index contributed by atoms with van der Waals surface area (Å²) in [7, 11) is 1.68. The molecule has 0 aliphatic carbocycles. The van der Waals surface area contributed by atoms with Gasteiger partial charge in [-0.3, -0.25) is 9.36 Å². The normalized spacial score (nSPS) is 11.3. The van der Waals surface area contributed by atoms with Crippen LogP contribution in [0.25, 0.3) is 10.2 Å². The second-order valence-electron chi connectivity index (χ2n) is 6.47. The van der Waals surface area contributed by atoms with Crippen LogP contribution in [0.1, 0.15) is 29.3 Å². The molecule has 0 fully saturated rings. The van der Waals surface area contributed by atoms with Crippen molar-refractivity contribution in [2.24, 2.45) is 0 Å². The Bertz CT molecular complexity index is 1010. The summed E-state index contributed by atoms with van der Waals surface area (Å²) in [5.41, 5.74) is 2.17. The molecule has 0 bridgehead atoms. The maximum atomic E-state index is 13.2. The van der Waals surface area contributed by atoms with Gasteiger partial charge in [0.25, 0.3) is 5.56 Å². The van der Waals surface area contributed by atoms with Crippen LogP contribution in [0.4, 0.5) is 0 Å². The van der Waals surface area contributed by atoms with Gasteiger partial charge in [0.1, 0.15) is 10.6 Å². The molecule has 2 heterocycles. The maximum absolute atomic E-state index is 13.2. The second kappa shape index (κ2) is 9.58. The average molecular weight is 419 g/mol. The van der Waals surface area contributed by atoms with E-state index < -0.39 is 0 Å². The van der Waals surface area contributed by atoms with Gasteiger partial charge in [0.15, 0.2) is 5.16 Å². The highest BCUT2D eigenvalue weighted by molar-refractivity contribution is 7.98. The van der Waals surface area contributed by atoms with Gasteiger partial charge < -0.3 is 9.47 Å². The number of hydrogen-bond acceptors (Lipinski definition) is 6. The lowest BCUT2D eigenvalue weighted by Gasteiger charge is -2.13. The predicted molar refractivity (Wildman–Crippen MR) is 117 cm³/mol. The number of benzene rings is 1. The lowest BCUT2D eigenvalue weighted by atomic mass is 10.2. The van der Waals surface area contributed by atoms with E-state index in [9.17, 15) is 4.79 Å². The third-order valence-electron chi connectivity index (χ3n) is 4.68. The molecular weight excluding hydrogens is 392 g/mol. The highest BCUT2D eigenvalue weighted by atomic mass is 32.2. The first kappa shape index (κ1) is 20.9. The van der Waals surface area contributed by atoms with E-state index in [2.05, 4.69) is 0 Å². The van der Waals surface area contributed by atoms with Crippen molar-refractivity contribution < 1.29 is 9.47 Å². The average Bonchev–Trinajstić information content (AvgIpc) is 2.99. The zero-order valence-electron chi connectivity index (χ0n) is 16.8. The number of methoxy groups -OCH3 is 1. The number of aryl methyl sites for hydroxylation is 2. The summed E-state index contributed by atoms with van der Waals surface area (Å²) in [5, 5.41) is 1.50. The monoisotopic (exact) mass is 418 g/mol. The number of fused-ring (bicyclic) bond motifs is 1. The standard InChI is InChI=1S/C21H26N2O3S2/c1-5-26-12-8-11-23-20(24)18-14(2)15(3)28-19(18)22-21(23)27-13-16-9-6-7-10-17(16)25-4/h6-7,9-10H,5,8,11-13H2,1-4H3. The van der Waals surface area contributed by atoms with E-state index in [-0.39, 0.29) is 5.56 Å². The molecule has 0 radical (unpaired) electrons. The van der Waals surface area contributed by atoms with Crippen molar-refractivity contribution in [3.05, 3.63) is 50.6 Å². The Morgan fingerprint density at radius 3 is 2.79 bits per heavy atom. The minimum absolute atomic E-state index is 0.0471. The lowest BCUT2D eigenvalue weighted by Crippen LogP contribution is -2.24. The predicted octanol–water partition coefficient (Wildman–Crippen LogP) is 4.80. The molecule has 0 spiro atoms. The van der Waals surface area contributed by atoms with E-state index in [4.69, 9.17) is 14.5 Å². The highest BCUT2D eigenvalue weighted by Gasteiger charge is 2.17. The van der Waals surface area contributed by atoms with Crippen LogP contribution < -0.4 is 10.3 Å².